The van der Waals surface area contributed by atoms with Crippen LogP contribution >= 0.6 is 0 Å². The van der Waals surface area contributed by atoms with Gasteiger partial charge in [0.15, 0.2) is 6.61 Å². The van der Waals surface area contributed by atoms with Crippen LogP contribution in [0.5, 0.6) is 5.75 Å². The summed E-state index contributed by atoms with van der Waals surface area (Å²) in [6.07, 6.45) is 3.00. The zero-order valence-electron chi connectivity index (χ0n) is 21.0. The van der Waals surface area contributed by atoms with E-state index in [1.165, 1.54) is 43.8 Å². The summed E-state index contributed by atoms with van der Waals surface area (Å²) in [5.74, 6) is 0.422. The summed E-state index contributed by atoms with van der Waals surface area (Å²) in [4.78, 5) is 24.5. The van der Waals surface area contributed by atoms with Crippen LogP contribution in [0.15, 0.2) is 112 Å². The van der Waals surface area contributed by atoms with Crippen LogP contribution in [-0.2, 0) is 21.4 Å². The van der Waals surface area contributed by atoms with Crippen molar-refractivity contribution in [3.63, 3.8) is 0 Å². The smallest absolute Gasteiger partial charge is 0.271 e. The van der Waals surface area contributed by atoms with E-state index in [-0.39, 0.29) is 24.0 Å². The predicted molar refractivity (Wildman–Crippen MR) is 146 cm³/mol. The third-order valence-corrected chi connectivity index (χ3v) is 7.36. The van der Waals surface area contributed by atoms with Crippen LogP contribution in [-0.4, -0.2) is 40.1 Å². The highest BCUT2D eigenvalue weighted by Gasteiger charge is 2.21. The maximum Gasteiger partial charge on any atom is 0.271 e. The van der Waals surface area contributed by atoms with Gasteiger partial charge in [-0.2, -0.15) is 5.10 Å². The third-order valence-electron chi connectivity index (χ3n) is 5.56. The Balaban J connectivity index is 1.25. The average Bonchev–Trinajstić information content (AvgIpc) is 3.49. The maximum absolute atomic E-state index is 12.8. The van der Waals surface area contributed by atoms with Crippen molar-refractivity contribution in [3.8, 4) is 5.75 Å². The molecule has 11 heteroatoms. The Morgan fingerprint density at radius 3 is 2.33 bits per heavy atom. The normalized spacial score (nSPS) is 11.2. The van der Waals surface area contributed by atoms with Crippen molar-refractivity contribution >= 4 is 33.7 Å². The lowest BCUT2D eigenvalue weighted by molar-refractivity contribution is -0.123. The van der Waals surface area contributed by atoms with Gasteiger partial charge in [0.25, 0.3) is 21.8 Å². The predicted octanol–water partition coefficient (Wildman–Crippen LogP) is 3.56. The molecule has 1 heterocycles. The molecule has 2 N–H and O–H groups in total. The van der Waals surface area contributed by atoms with Crippen molar-refractivity contribution in [3.05, 3.63) is 114 Å². The number of hydrazone groups is 1. The number of furan rings is 1. The minimum absolute atomic E-state index is 0.142. The lowest BCUT2D eigenvalue weighted by atomic mass is 10.2. The molecule has 4 aromatic rings. The molecule has 39 heavy (non-hydrogen) atoms. The molecular formula is C28H26N4O6S. The van der Waals surface area contributed by atoms with E-state index in [0.717, 1.165) is 4.31 Å². The lowest BCUT2D eigenvalue weighted by Crippen LogP contribution is -2.28. The van der Waals surface area contributed by atoms with Crippen LogP contribution in [0.3, 0.4) is 0 Å². The first-order chi connectivity index (χ1) is 18.8. The first-order valence-electron chi connectivity index (χ1n) is 11.8. The Morgan fingerprint density at radius 1 is 0.949 bits per heavy atom. The Bertz CT molecular complexity index is 1520. The monoisotopic (exact) mass is 546 g/mol. The van der Waals surface area contributed by atoms with Crippen LogP contribution in [0, 0.1) is 0 Å². The fourth-order valence-corrected chi connectivity index (χ4v) is 4.61. The number of carbonyl (C=O) groups excluding carboxylic acids is 2. The molecule has 0 bridgehead atoms. The highest BCUT2D eigenvalue weighted by Crippen LogP contribution is 2.22. The molecule has 10 nitrogen and oxygen atoms in total. The van der Waals surface area contributed by atoms with Gasteiger partial charge in [0.1, 0.15) is 11.5 Å². The number of hydrogen-bond acceptors (Lipinski definition) is 7. The zero-order chi connectivity index (χ0) is 27.7. The van der Waals surface area contributed by atoms with E-state index >= 15 is 0 Å². The summed E-state index contributed by atoms with van der Waals surface area (Å²) >= 11 is 0. The molecule has 0 fully saturated rings. The molecular weight excluding hydrogens is 520 g/mol. The highest BCUT2D eigenvalue weighted by molar-refractivity contribution is 7.92. The van der Waals surface area contributed by atoms with Gasteiger partial charge >= 0.3 is 0 Å². The molecule has 0 aliphatic carbocycles. The molecule has 200 valence electrons. The van der Waals surface area contributed by atoms with Gasteiger partial charge < -0.3 is 14.5 Å². The number of amides is 2. The van der Waals surface area contributed by atoms with Crippen molar-refractivity contribution in [1.82, 2.24) is 10.7 Å². The number of carbonyl (C=O) groups is 2. The van der Waals surface area contributed by atoms with Crippen LogP contribution in [0.2, 0.25) is 0 Å². The van der Waals surface area contributed by atoms with Crippen LogP contribution in [0.4, 0.5) is 5.69 Å². The summed E-state index contributed by atoms with van der Waals surface area (Å²) in [5, 5.41) is 6.65. The van der Waals surface area contributed by atoms with E-state index in [9.17, 15) is 18.0 Å². The Morgan fingerprint density at radius 2 is 1.67 bits per heavy atom. The average molecular weight is 547 g/mol. The fraction of sp³-hybridized carbons (Fsp3) is 0.107. The summed E-state index contributed by atoms with van der Waals surface area (Å²) in [7, 11) is -2.26. The zero-order valence-corrected chi connectivity index (χ0v) is 21.8. The third kappa shape index (κ3) is 7.33. The number of rotatable bonds is 11. The molecule has 0 saturated heterocycles. The molecule has 0 atom stereocenters. The molecule has 0 spiro atoms. The number of nitrogens with zero attached hydrogens (tertiary/aromatic N) is 2. The van der Waals surface area contributed by atoms with E-state index in [4.69, 9.17) is 9.15 Å². The number of sulfonamides is 1. The largest absolute Gasteiger partial charge is 0.484 e. The molecule has 0 saturated carbocycles. The number of nitrogens with one attached hydrogen (secondary N) is 2. The number of benzene rings is 3. The molecule has 0 aliphatic rings. The maximum atomic E-state index is 12.8. The standard InChI is InChI=1S/C28H26N4O6S/c1-32(39(35,36)26-7-3-2-4-8-26)23-13-11-22(12-14-23)28(34)31-30-18-21-9-15-24(16-10-21)38-20-27(33)29-19-25-6-5-17-37-25/h2-18H,19-20H2,1H3,(H,29,33)(H,31,34)/b30-18-. The fourth-order valence-electron chi connectivity index (χ4n) is 3.39. The Labute approximate surface area is 226 Å². The first-order valence-corrected chi connectivity index (χ1v) is 13.3. The van der Waals surface area contributed by atoms with Crippen molar-refractivity contribution < 1.29 is 27.2 Å². The van der Waals surface area contributed by atoms with Gasteiger partial charge in [-0.3, -0.25) is 13.9 Å². The second-order valence-electron chi connectivity index (χ2n) is 8.25. The second kappa shape index (κ2) is 12.6. The molecule has 1 aromatic heterocycles. The summed E-state index contributed by atoms with van der Waals surface area (Å²) in [6.45, 7) is 0.143. The van der Waals surface area contributed by atoms with E-state index in [0.29, 0.717) is 28.3 Å². The second-order valence-corrected chi connectivity index (χ2v) is 10.2. The minimum atomic E-state index is -3.72. The summed E-state index contributed by atoms with van der Waals surface area (Å²) in [6, 6.07) is 24.6. The van der Waals surface area contributed by atoms with Crippen molar-refractivity contribution in [1.29, 1.82) is 0 Å². The number of anilines is 1. The Hall–Kier alpha value is -4.90. The SMILES string of the molecule is CN(c1ccc(C(=O)N/N=C\c2ccc(OCC(=O)NCc3ccco3)cc2)cc1)S(=O)(=O)c1ccccc1. The van der Waals surface area contributed by atoms with E-state index in [1.807, 2.05) is 0 Å². The van der Waals surface area contributed by atoms with Crippen LogP contribution in [0.25, 0.3) is 0 Å². The van der Waals surface area contributed by atoms with E-state index < -0.39 is 15.9 Å². The lowest BCUT2D eigenvalue weighted by Gasteiger charge is -2.19. The number of ether oxygens (including phenoxy) is 1. The van der Waals surface area contributed by atoms with Crippen LogP contribution < -0.4 is 19.8 Å². The van der Waals surface area contributed by atoms with Gasteiger partial charge in [-0.15, -0.1) is 0 Å². The Kier molecular flexibility index (Phi) is 8.75. The number of hydrogen-bond donors (Lipinski definition) is 2. The summed E-state index contributed by atoms with van der Waals surface area (Å²) in [5.41, 5.74) is 3.87. The van der Waals surface area contributed by atoms with Crippen molar-refractivity contribution in [2.24, 2.45) is 5.10 Å². The molecule has 0 unspecified atom stereocenters. The van der Waals surface area contributed by atoms with E-state index in [1.54, 1.807) is 66.7 Å². The summed E-state index contributed by atoms with van der Waals surface area (Å²) < 4.78 is 37.3. The van der Waals surface area contributed by atoms with Gasteiger partial charge in [-0.1, -0.05) is 18.2 Å². The van der Waals surface area contributed by atoms with Gasteiger partial charge in [-0.25, -0.2) is 13.8 Å². The highest BCUT2D eigenvalue weighted by atomic mass is 32.2. The van der Waals surface area contributed by atoms with Crippen molar-refractivity contribution in [2.75, 3.05) is 18.0 Å². The first kappa shape index (κ1) is 27.1. The molecule has 4 rings (SSSR count). The van der Waals surface area contributed by atoms with Crippen molar-refractivity contribution in [2.45, 2.75) is 11.4 Å². The molecule has 0 radical (unpaired) electrons. The molecule has 0 aliphatic heterocycles. The topological polar surface area (TPSA) is 130 Å². The van der Waals surface area contributed by atoms with Gasteiger partial charge in [0.05, 0.1) is 29.6 Å². The van der Waals surface area contributed by atoms with Gasteiger partial charge in [-0.05, 0) is 78.4 Å². The molecule has 3 aromatic carbocycles. The minimum Gasteiger partial charge on any atom is -0.484 e. The van der Waals surface area contributed by atoms with Gasteiger partial charge in [0.2, 0.25) is 0 Å². The van der Waals surface area contributed by atoms with Crippen LogP contribution in [0.1, 0.15) is 21.7 Å². The van der Waals surface area contributed by atoms with E-state index in [2.05, 4.69) is 15.8 Å². The van der Waals surface area contributed by atoms with Gasteiger partial charge in [0, 0.05) is 12.6 Å². The quantitative estimate of drug-likeness (QED) is 0.219. The molecule has 2 amide bonds.